The van der Waals surface area contributed by atoms with E-state index < -0.39 is 5.60 Å². The zero-order valence-corrected chi connectivity index (χ0v) is 20.8. The topological polar surface area (TPSA) is 87.9 Å². The second-order valence-corrected chi connectivity index (χ2v) is 9.64. The fraction of sp³-hybridized carbons (Fsp3) is 0.346. The molecule has 8 heteroatoms. The van der Waals surface area contributed by atoms with Gasteiger partial charge in [0.2, 0.25) is 0 Å². The van der Waals surface area contributed by atoms with E-state index in [2.05, 4.69) is 20.7 Å². The van der Waals surface area contributed by atoms with Crippen LogP contribution in [0.15, 0.2) is 48.7 Å². The van der Waals surface area contributed by atoms with Crippen LogP contribution < -0.4 is 10.6 Å². The monoisotopic (exact) mass is 478 g/mol. The number of anilines is 3. The van der Waals surface area contributed by atoms with Crippen LogP contribution >= 0.6 is 11.6 Å². The number of hydrogen-bond acceptors (Lipinski definition) is 6. The van der Waals surface area contributed by atoms with Crippen molar-refractivity contribution in [2.75, 3.05) is 17.2 Å². The predicted octanol–water partition coefficient (Wildman–Crippen LogP) is 5.66. The molecule has 34 heavy (non-hydrogen) atoms. The van der Waals surface area contributed by atoms with Crippen LogP contribution in [0.4, 0.5) is 17.2 Å². The van der Waals surface area contributed by atoms with Crippen molar-refractivity contribution < 1.29 is 5.11 Å². The van der Waals surface area contributed by atoms with Crippen LogP contribution in [0.5, 0.6) is 0 Å². The summed E-state index contributed by atoms with van der Waals surface area (Å²) in [6.07, 6.45) is 3.59. The highest BCUT2D eigenvalue weighted by atomic mass is 35.5. The Hall–Kier alpha value is -3.16. The molecule has 0 aliphatic carbocycles. The molecular weight excluding hydrogens is 448 g/mol. The molecule has 0 amide bonds. The first-order valence-corrected chi connectivity index (χ1v) is 11.8. The third-order valence-corrected chi connectivity index (χ3v) is 5.84. The van der Waals surface area contributed by atoms with Gasteiger partial charge in [0.05, 0.1) is 34.7 Å². The van der Waals surface area contributed by atoms with Crippen LogP contribution in [0.3, 0.4) is 0 Å². The molecule has 1 aromatic carbocycles. The minimum absolute atomic E-state index is 0.432. The van der Waals surface area contributed by atoms with Gasteiger partial charge < -0.3 is 15.7 Å². The lowest BCUT2D eigenvalue weighted by molar-refractivity contribution is 0.0570. The maximum atomic E-state index is 10.2. The Kier molecular flexibility index (Phi) is 7.05. The Balaban J connectivity index is 1.37. The third kappa shape index (κ3) is 5.85. The summed E-state index contributed by atoms with van der Waals surface area (Å²) in [5.41, 5.74) is 4.92. The maximum Gasteiger partial charge on any atom is 0.130 e. The summed E-state index contributed by atoms with van der Waals surface area (Å²) in [6, 6.07) is 13.8. The van der Waals surface area contributed by atoms with E-state index in [0.29, 0.717) is 11.6 Å². The fourth-order valence-electron chi connectivity index (χ4n) is 3.98. The minimum atomic E-state index is -0.831. The van der Waals surface area contributed by atoms with Crippen molar-refractivity contribution in [3.8, 4) is 0 Å². The Bertz CT molecular complexity index is 1290. The van der Waals surface area contributed by atoms with Gasteiger partial charge in [0.15, 0.2) is 0 Å². The molecule has 0 aliphatic rings. The third-order valence-electron chi connectivity index (χ3n) is 5.61. The number of rotatable bonds is 9. The van der Waals surface area contributed by atoms with E-state index >= 15 is 0 Å². The number of aromatic nitrogens is 4. The summed E-state index contributed by atoms with van der Waals surface area (Å²) < 4.78 is 1.84. The molecule has 0 fully saturated rings. The molecule has 0 aliphatic heterocycles. The van der Waals surface area contributed by atoms with E-state index in [1.165, 1.54) is 0 Å². The lowest BCUT2D eigenvalue weighted by Crippen LogP contribution is -2.27. The van der Waals surface area contributed by atoms with Crippen LogP contribution in [-0.2, 0) is 13.0 Å². The Morgan fingerprint density at radius 3 is 2.74 bits per heavy atom. The Morgan fingerprint density at radius 2 is 1.94 bits per heavy atom. The normalized spacial score (nSPS) is 11.7. The highest BCUT2D eigenvalue weighted by molar-refractivity contribution is 6.31. The summed E-state index contributed by atoms with van der Waals surface area (Å²) in [4.78, 5) is 9.18. The number of nitrogens with one attached hydrogen (secondary N) is 2. The van der Waals surface area contributed by atoms with Crippen molar-refractivity contribution in [3.05, 3.63) is 70.8 Å². The van der Waals surface area contributed by atoms with Gasteiger partial charge in [0.1, 0.15) is 5.82 Å². The fourth-order valence-corrected chi connectivity index (χ4v) is 4.15. The van der Waals surface area contributed by atoms with Crippen LogP contribution in [0, 0.1) is 13.8 Å². The van der Waals surface area contributed by atoms with Gasteiger partial charge >= 0.3 is 0 Å². The van der Waals surface area contributed by atoms with Crippen LogP contribution in [-0.4, -0.2) is 37.0 Å². The second-order valence-electron chi connectivity index (χ2n) is 9.21. The van der Waals surface area contributed by atoms with Crippen molar-refractivity contribution in [2.24, 2.45) is 0 Å². The average molecular weight is 479 g/mol. The molecule has 0 saturated carbocycles. The molecule has 3 aromatic heterocycles. The smallest absolute Gasteiger partial charge is 0.130 e. The first-order chi connectivity index (χ1) is 16.2. The molecule has 0 spiro atoms. The highest BCUT2D eigenvalue weighted by Gasteiger charge is 2.19. The molecule has 0 saturated heterocycles. The summed E-state index contributed by atoms with van der Waals surface area (Å²) in [5, 5.41) is 23.4. The zero-order valence-electron chi connectivity index (χ0n) is 20.1. The summed E-state index contributed by atoms with van der Waals surface area (Å²) in [6.45, 7) is 8.78. The Morgan fingerprint density at radius 1 is 1.12 bits per heavy atom. The lowest BCUT2D eigenvalue weighted by atomic mass is 10.1. The number of benzene rings is 1. The van der Waals surface area contributed by atoms with E-state index in [1.54, 1.807) is 20.0 Å². The number of hydrogen-bond donors (Lipinski definition) is 3. The van der Waals surface area contributed by atoms with Crippen molar-refractivity contribution in [2.45, 2.75) is 52.7 Å². The van der Waals surface area contributed by atoms with E-state index in [1.807, 2.05) is 61.0 Å². The molecule has 0 atom stereocenters. The van der Waals surface area contributed by atoms with Crippen molar-refractivity contribution in [1.82, 2.24) is 19.7 Å². The van der Waals surface area contributed by atoms with Gasteiger partial charge in [0, 0.05) is 34.5 Å². The number of nitrogens with zero attached hydrogens (tertiary/aromatic N) is 4. The van der Waals surface area contributed by atoms with Crippen LogP contribution in [0.2, 0.25) is 5.02 Å². The second kappa shape index (κ2) is 9.99. The average Bonchev–Trinajstić information content (AvgIpc) is 3.02. The van der Waals surface area contributed by atoms with Crippen LogP contribution in [0.1, 0.15) is 37.4 Å². The van der Waals surface area contributed by atoms with Gasteiger partial charge in [-0.1, -0.05) is 17.7 Å². The number of pyridine rings is 2. The number of aryl methyl sites for hydroxylation is 2. The van der Waals surface area contributed by atoms with E-state index in [4.69, 9.17) is 16.6 Å². The zero-order chi connectivity index (χ0) is 24.3. The molecule has 0 unspecified atom stereocenters. The van der Waals surface area contributed by atoms with Crippen molar-refractivity contribution in [1.29, 1.82) is 0 Å². The molecule has 0 bridgehead atoms. The quantitative estimate of drug-likeness (QED) is 0.269. The molecule has 4 rings (SSSR count). The minimum Gasteiger partial charge on any atom is -0.389 e. The van der Waals surface area contributed by atoms with Gasteiger partial charge in [-0.05, 0) is 76.9 Å². The number of aliphatic hydroxyl groups is 1. The summed E-state index contributed by atoms with van der Waals surface area (Å²) in [7, 11) is 0. The SMILES string of the molecule is Cc1nn(CC(C)(C)O)c(C)c1Nc1cccc(CCCNc2ccnc3cc(Cl)ccc23)n1. The van der Waals surface area contributed by atoms with Gasteiger partial charge in [0.25, 0.3) is 0 Å². The van der Waals surface area contributed by atoms with Crippen molar-refractivity contribution >= 4 is 39.7 Å². The first-order valence-electron chi connectivity index (χ1n) is 11.5. The van der Waals surface area contributed by atoms with Gasteiger partial charge in [-0.3, -0.25) is 9.67 Å². The number of halogens is 1. The molecular formula is C26H31ClN6O. The molecule has 4 aromatic rings. The standard InChI is InChI=1S/C26H31ClN6O/c1-17-25(18(2)33(32-17)16-26(3,4)34)31-24-9-5-7-20(30-24)8-6-13-28-22-12-14-29-23-15-19(27)10-11-21(22)23/h5,7,9-12,14-15,34H,6,8,13,16H2,1-4H3,(H,28,29)(H,30,31). The molecule has 3 N–H and O–H groups in total. The molecule has 3 heterocycles. The van der Waals surface area contributed by atoms with Gasteiger partial charge in [-0.2, -0.15) is 5.10 Å². The first kappa shape index (κ1) is 24.0. The van der Waals surface area contributed by atoms with E-state index in [9.17, 15) is 5.11 Å². The van der Waals surface area contributed by atoms with E-state index in [0.717, 1.165) is 64.6 Å². The van der Waals surface area contributed by atoms with E-state index in [-0.39, 0.29) is 0 Å². The van der Waals surface area contributed by atoms with Gasteiger partial charge in [-0.25, -0.2) is 4.98 Å². The molecule has 0 radical (unpaired) electrons. The van der Waals surface area contributed by atoms with Gasteiger partial charge in [-0.15, -0.1) is 0 Å². The predicted molar refractivity (Wildman–Crippen MR) is 139 cm³/mol. The van der Waals surface area contributed by atoms with Crippen molar-refractivity contribution in [3.63, 3.8) is 0 Å². The lowest BCUT2D eigenvalue weighted by Gasteiger charge is -2.18. The molecule has 7 nitrogen and oxygen atoms in total. The molecule has 178 valence electrons. The van der Waals surface area contributed by atoms with Crippen LogP contribution in [0.25, 0.3) is 10.9 Å². The summed E-state index contributed by atoms with van der Waals surface area (Å²) >= 11 is 6.09. The number of fused-ring (bicyclic) bond motifs is 1. The Labute approximate surface area is 205 Å². The summed E-state index contributed by atoms with van der Waals surface area (Å²) in [5.74, 6) is 0.788. The maximum absolute atomic E-state index is 10.2. The largest absolute Gasteiger partial charge is 0.389 e. The highest BCUT2D eigenvalue weighted by Crippen LogP contribution is 2.26.